The number of hydrogen-bond donors (Lipinski definition) is 0. The van der Waals surface area contributed by atoms with Crippen molar-refractivity contribution < 1.29 is 4.79 Å². The summed E-state index contributed by atoms with van der Waals surface area (Å²) in [4.78, 5) is 27.2. The van der Waals surface area contributed by atoms with Gasteiger partial charge in [0.25, 0.3) is 5.56 Å². The van der Waals surface area contributed by atoms with Gasteiger partial charge in [-0.1, -0.05) is 18.2 Å². The molecular weight excluding hydrogens is 330 g/mol. The average Bonchev–Trinajstić information content (AvgIpc) is 3.00. The maximum atomic E-state index is 12.9. The molecule has 1 aliphatic rings. The van der Waals surface area contributed by atoms with Gasteiger partial charge in [-0.05, 0) is 32.4 Å². The maximum absolute atomic E-state index is 12.9. The van der Waals surface area contributed by atoms with Crippen molar-refractivity contribution in [3.63, 3.8) is 0 Å². The van der Waals surface area contributed by atoms with Gasteiger partial charge in [0.1, 0.15) is 12.4 Å². The molecule has 1 aromatic carbocycles. The van der Waals surface area contributed by atoms with Gasteiger partial charge in [0, 0.05) is 18.0 Å². The second kappa shape index (κ2) is 6.09. The van der Waals surface area contributed by atoms with Crippen molar-refractivity contribution in [2.75, 3.05) is 6.54 Å². The highest BCUT2D eigenvalue weighted by atomic mass is 16.2. The van der Waals surface area contributed by atoms with Crippen LogP contribution in [0.5, 0.6) is 0 Å². The van der Waals surface area contributed by atoms with Crippen LogP contribution in [0.3, 0.4) is 0 Å². The van der Waals surface area contributed by atoms with Crippen molar-refractivity contribution in [3.05, 3.63) is 57.9 Å². The normalized spacial score (nSPS) is 16.7. The minimum Gasteiger partial charge on any atom is -0.332 e. The lowest BCUT2D eigenvalue weighted by Gasteiger charge is -2.32. The van der Waals surface area contributed by atoms with E-state index in [1.807, 2.05) is 45.0 Å². The van der Waals surface area contributed by atoms with E-state index in [9.17, 15) is 9.59 Å². The molecule has 1 amide bonds. The molecule has 1 atom stereocenters. The van der Waals surface area contributed by atoms with Crippen LogP contribution in [0, 0.1) is 13.8 Å². The lowest BCUT2D eigenvalue weighted by Crippen LogP contribution is -2.43. The Kier molecular flexibility index (Phi) is 3.86. The summed E-state index contributed by atoms with van der Waals surface area (Å²) in [6.45, 7) is 6.91. The largest absolute Gasteiger partial charge is 0.332 e. The number of rotatable bonds is 2. The van der Waals surface area contributed by atoms with Gasteiger partial charge in [0.15, 0.2) is 5.82 Å². The molecule has 0 N–H and O–H groups in total. The minimum atomic E-state index is -0.154. The van der Waals surface area contributed by atoms with Gasteiger partial charge in [-0.25, -0.2) is 0 Å². The van der Waals surface area contributed by atoms with Crippen molar-refractivity contribution >= 4 is 16.8 Å². The van der Waals surface area contributed by atoms with Crippen LogP contribution < -0.4 is 5.56 Å². The van der Waals surface area contributed by atoms with Crippen molar-refractivity contribution in [1.29, 1.82) is 0 Å². The third-order valence-corrected chi connectivity index (χ3v) is 5.07. The number of aromatic nitrogens is 4. The first-order valence-electron chi connectivity index (χ1n) is 8.73. The molecule has 0 saturated carbocycles. The third kappa shape index (κ3) is 2.60. The molecule has 3 heterocycles. The molecule has 7 nitrogen and oxygen atoms in total. The zero-order valence-electron chi connectivity index (χ0n) is 15.1. The van der Waals surface area contributed by atoms with Crippen LogP contribution in [0.4, 0.5) is 0 Å². The smallest absolute Gasteiger partial charge is 0.251 e. The van der Waals surface area contributed by atoms with E-state index in [-0.39, 0.29) is 24.1 Å². The Morgan fingerprint density at radius 2 is 2.00 bits per heavy atom. The molecule has 0 fully saturated rings. The number of pyridine rings is 1. The van der Waals surface area contributed by atoms with E-state index < -0.39 is 0 Å². The molecule has 3 aromatic rings. The van der Waals surface area contributed by atoms with E-state index >= 15 is 0 Å². The molecule has 0 bridgehead atoms. The molecule has 134 valence electrons. The molecule has 0 spiro atoms. The van der Waals surface area contributed by atoms with E-state index in [4.69, 9.17) is 0 Å². The highest BCUT2D eigenvalue weighted by Gasteiger charge is 2.28. The molecule has 2 aromatic heterocycles. The van der Waals surface area contributed by atoms with Crippen LogP contribution in [0.25, 0.3) is 10.9 Å². The minimum absolute atomic E-state index is 0.0272. The maximum Gasteiger partial charge on any atom is 0.251 e. The zero-order valence-corrected chi connectivity index (χ0v) is 15.1. The number of benzene rings is 1. The predicted octanol–water partition coefficient (Wildman–Crippen LogP) is 1.81. The van der Waals surface area contributed by atoms with Crippen molar-refractivity contribution in [1.82, 2.24) is 24.2 Å². The molecule has 26 heavy (non-hydrogen) atoms. The molecule has 0 saturated heterocycles. The van der Waals surface area contributed by atoms with Gasteiger partial charge >= 0.3 is 0 Å². The van der Waals surface area contributed by atoms with Crippen LogP contribution >= 0.6 is 0 Å². The van der Waals surface area contributed by atoms with E-state index in [1.165, 1.54) is 0 Å². The van der Waals surface area contributed by atoms with Crippen molar-refractivity contribution in [3.8, 4) is 0 Å². The van der Waals surface area contributed by atoms with E-state index in [2.05, 4.69) is 14.8 Å². The number of carbonyl (C=O) groups excluding carboxylic acids is 1. The van der Waals surface area contributed by atoms with Crippen LogP contribution in [-0.2, 0) is 17.9 Å². The highest BCUT2D eigenvalue weighted by Crippen LogP contribution is 2.22. The first kappa shape index (κ1) is 16.5. The highest BCUT2D eigenvalue weighted by molar-refractivity contribution is 5.84. The molecule has 4 rings (SSSR count). The van der Waals surface area contributed by atoms with Crippen LogP contribution in [0.15, 0.2) is 35.1 Å². The summed E-state index contributed by atoms with van der Waals surface area (Å²) in [5.41, 5.74) is 1.55. The van der Waals surface area contributed by atoms with Gasteiger partial charge in [-0.15, -0.1) is 10.2 Å². The first-order valence-corrected chi connectivity index (χ1v) is 8.73. The molecule has 7 heteroatoms. The van der Waals surface area contributed by atoms with E-state index in [1.54, 1.807) is 15.5 Å². The van der Waals surface area contributed by atoms with Crippen LogP contribution in [0.1, 0.15) is 30.2 Å². The van der Waals surface area contributed by atoms with Gasteiger partial charge in [-0.2, -0.15) is 0 Å². The molecule has 0 radical (unpaired) electrons. The summed E-state index contributed by atoms with van der Waals surface area (Å²) in [5.74, 6) is 1.57. The van der Waals surface area contributed by atoms with Crippen molar-refractivity contribution in [2.24, 2.45) is 0 Å². The standard InChI is InChI=1S/C19H21N5O2/c1-12-8-18(25)23(16-7-5-4-6-15(12)16)11-19(26)22-9-13(2)24-14(3)20-21-17(24)10-22/h4-8,13H,9-11H2,1-3H3/t13-/m1/s1. The fraction of sp³-hybridized carbons (Fsp3) is 0.368. The number of para-hydroxylation sites is 1. The molecule has 1 aliphatic heterocycles. The second-order valence-electron chi connectivity index (χ2n) is 6.93. The second-order valence-corrected chi connectivity index (χ2v) is 6.93. The number of fused-ring (bicyclic) bond motifs is 2. The summed E-state index contributed by atoms with van der Waals surface area (Å²) < 4.78 is 3.62. The number of carbonyl (C=O) groups is 1. The fourth-order valence-electron chi connectivity index (χ4n) is 3.82. The van der Waals surface area contributed by atoms with Gasteiger partial charge in [0.2, 0.25) is 5.91 Å². The lowest BCUT2D eigenvalue weighted by atomic mass is 10.1. The zero-order chi connectivity index (χ0) is 18.4. The Morgan fingerprint density at radius 3 is 2.81 bits per heavy atom. The average molecular weight is 351 g/mol. The monoisotopic (exact) mass is 351 g/mol. The number of nitrogens with zero attached hydrogens (tertiary/aromatic N) is 5. The van der Waals surface area contributed by atoms with Crippen LogP contribution in [0.2, 0.25) is 0 Å². The van der Waals surface area contributed by atoms with Crippen LogP contribution in [-0.4, -0.2) is 36.7 Å². The summed E-state index contributed by atoms with van der Waals surface area (Å²) in [5, 5.41) is 9.28. The Balaban J connectivity index is 1.66. The molecule has 0 aliphatic carbocycles. The van der Waals surface area contributed by atoms with Crippen molar-refractivity contribution in [2.45, 2.75) is 39.9 Å². The van der Waals surface area contributed by atoms with E-state index in [0.717, 1.165) is 28.1 Å². The Bertz CT molecular complexity index is 1070. The number of amides is 1. The number of aryl methyl sites for hydroxylation is 2. The van der Waals surface area contributed by atoms with Gasteiger partial charge in [0.05, 0.1) is 18.1 Å². The number of hydrogen-bond acceptors (Lipinski definition) is 4. The SMILES string of the molecule is Cc1cc(=O)n(CC(=O)N2Cc3nnc(C)n3[C@H](C)C2)c2ccccc12. The molecular formula is C19H21N5O2. The Morgan fingerprint density at radius 1 is 1.23 bits per heavy atom. The topological polar surface area (TPSA) is 73.0 Å². The Labute approximate surface area is 150 Å². The van der Waals surface area contributed by atoms with E-state index in [0.29, 0.717) is 13.1 Å². The summed E-state index contributed by atoms with van der Waals surface area (Å²) in [6.07, 6.45) is 0. The van der Waals surface area contributed by atoms with Gasteiger partial charge in [-0.3, -0.25) is 14.2 Å². The molecule has 0 unspecified atom stereocenters. The lowest BCUT2D eigenvalue weighted by molar-refractivity contribution is -0.133. The predicted molar refractivity (Wildman–Crippen MR) is 97.8 cm³/mol. The summed E-state index contributed by atoms with van der Waals surface area (Å²) in [6, 6.07) is 9.39. The quantitative estimate of drug-likeness (QED) is 0.706. The Hall–Kier alpha value is -2.96. The third-order valence-electron chi connectivity index (χ3n) is 5.07. The van der Waals surface area contributed by atoms with Gasteiger partial charge < -0.3 is 9.47 Å². The first-order chi connectivity index (χ1) is 12.5. The summed E-state index contributed by atoms with van der Waals surface area (Å²) in [7, 11) is 0. The fourth-order valence-corrected chi connectivity index (χ4v) is 3.82. The summed E-state index contributed by atoms with van der Waals surface area (Å²) >= 11 is 0.